The van der Waals surface area contributed by atoms with Crippen LogP contribution < -0.4 is 4.90 Å². The Morgan fingerprint density at radius 3 is 2.39 bits per heavy atom. The maximum absolute atomic E-state index is 12.3. The van der Waals surface area contributed by atoms with E-state index in [9.17, 15) is 4.79 Å². The number of carbonyl (C=O) groups excluding carboxylic acids is 1. The number of halogens is 1. The molecule has 2 aromatic rings. The van der Waals surface area contributed by atoms with Crippen LogP contribution in [0.15, 0.2) is 63.9 Å². The molecule has 9 heteroatoms. The summed E-state index contributed by atoms with van der Waals surface area (Å²) in [5.41, 5.74) is 3.07. The molecule has 0 N–H and O–H groups in total. The molecule has 8 nitrogen and oxygen atoms in total. The van der Waals surface area contributed by atoms with Gasteiger partial charge in [0.2, 0.25) is 0 Å². The van der Waals surface area contributed by atoms with Crippen molar-refractivity contribution in [2.45, 2.75) is 20.1 Å². The molecule has 2 rings (SSSR count). The van der Waals surface area contributed by atoms with E-state index in [-0.39, 0.29) is 0 Å². The fourth-order valence-electron chi connectivity index (χ4n) is 2.71. The molecule has 0 bridgehead atoms. The van der Waals surface area contributed by atoms with Crippen molar-refractivity contribution in [1.82, 2.24) is 0 Å². The van der Waals surface area contributed by atoms with Gasteiger partial charge in [-0.15, -0.1) is 0 Å². The minimum Gasteiger partial charge on any atom is -0.452 e. The standard InChI is InChI=1S/C22H25ClN4O4/c1-15(21(26-31-5)17-10-12-19(23)13-11-17)25-24-14-18-8-6-7-9-20(18)27(16(2)29-3)22(28)30-4/h6-14,16H,1-5H3/b24-14+,25-15+,26-21-. The highest BCUT2D eigenvalue weighted by Crippen LogP contribution is 2.22. The highest BCUT2D eigenvalue weighted by molar-refractivity contribution is 6.47. The van der Waals surface area contributed by atoms with Crippen molar-refractivity contribution in [1.29, 1.82) is 0 Å². The molecule has 0 heterocycles. The van der Waals surface area contributed by atoms with Crippen LogP contribution in [0, 0.1) is 0 Å². The maximum atomic E-state index is 12.3. The third kappa shape index (κ3) is 6.37. The molecule has 0 radical (unpaired) electrons. The Bertz CT molecular complexity index is 974. The van der Waals surface area contributed by atoms with Crippen LogP contribution in [-0.2, 0) is 14.3 Å². The minimum atomic E-state index is -0.549. The number of para-hydroxylation sites is 1. The molecule has 0 spiro atoms. The van der Waals surface area contributed by atoms with Gasteiger partial charge >= 0.3 is 6.09 Å². The van der Waals surface area contributed by atoms with Gasteiger partial charge in [0.25, 0.3) is 0 Å². The first-order valence-electron chi connectivity index (χ1n) is 9.37. The summed E-state index contributed by atoms with van der Waals surface area (Å²) in [7, 11) is 4.29. The van der Waals surface area contributed by atoms with Crippen molar-refractivity contribution in [3.05, 3.63) is 64.7 Å². The number of ether oxygens (including phenoxy) is 2. The van der Waals surface area contributed by atoms with Gasteiger partial charge in [0, 0.05) is 23.3 Å². The molecule has 31 heavy (non-hydrogen) atoms. The predicted molar refractivity (Wildman–Crippen MR) is 123 cm³/mol. The number of oxime groups is 1. The molecule has 2 aromatic carbocycles. The lowest BCUT2D eigenvalue weighted by atomic mass is 10.1. The van der Waals surface area contributed by atoms with Crippen LogP contribution in [0.2, 0.25) is 5.02 Å². The molecule has 1 amide bonds. The SMILES string of the molecule is CO/N=C(/C(C)=N/N=C/c1ccccc1N(C(=O)OC)C(C)OC)c1ccc(Cl)cc1. The van der Waals surface area contributed by atoms with Gasteiger partial charge in [-0.1, -0.05) is 47.1 Å². The zero-order chi connectivity index (χ0) is 22.8. The Hall–Kier alpha value is -3.23. The summed E-state index contributed by atoms with van der Waals surface area (Å²) in [6.07, 6.45) is 0.452. The van der Waals surface area contributed by atoms with Gasteiger partial charge in [-0.3, -0.25) is 4.90 Å². The van der Waals surface area contributed by atoms with Crippen LogP contribution in [0.1, 0.15) is 25.0 Å². The second-order valence-electron chi connectivity index (χ2n) is 6.29. The first kappa shape index (κ1) is 24.0. The van der Waals surface area contributed by atoms with E-state index in [1.165, 1.54) is 26.2 Å². The van der Waals surface area contributed by atoms with E-state index >= 15 is 0 Å². The molecule has 1 unspecified atom stereocenters. The van der Waals surface area contributed by atoms with Gasteiger partial charge in [-0.25, -0.2) is 4.79 Å². The van der Waals surface area contributed by atoms with E-state index < -0.39 is 12.3 Å². The van der Waals surface area contributed by atoms with E-state index in [1.54, 1.807) is 38.3 Å². The van der Waals surface area contributed by atoms with Crippen LogP contribution in [0.3, 0.4) is 0 Å². The maximum Gasteiger partial charge on any atom is 0.416 e. The Kier molecular flexibility index (Phi) is 9.17. The van der Waals surface area contributed by atoms with Gasteiger partial charge in [0.05, 0.1) is 24.7 Å². The van der Waals surface area contributed by atoms with E-state index in [2.05, 4.69) is 15.4 Å². The molecule has 0 aliphatic heterocycles. The highest BCUT2D eigenvalue weighted by Gasteiger charge is 2.24. The van der Waals surface area contributed by atoms with Crippen molar-refractivity contribution in [2.75, 3.05) is 26.2 Å². The number of nitrogens with zero attached hydrogens (tertiary/aromatic N) is 4. The molecule has 0 fully saturated rings. The number of rotatable bonds is 8. The first-order chi connectivity index (χ1) is 14.9. The van der Waals surface area contributed by atoms with Crippen LogP contribution >= 0.6 is 11.6 Å². The number of hydrogen-bond donors (Lipinski definition) is 0. The quantitative estimate of drug-likeness (QED) is 0.334. The third-order valence-corrected chi connectivity index (χ3v) is 4.57. The summed E-state index contributed by atoms with van der Waals surface area (Å²) in [5, 5.41) is 13.1. The average Bonchev–Trinajstić information content (AvgIpc) is 2.78. The first-order valence-corrected chi connectivity index (χ1v) is 9.74. The molecular weight excluding hydrogens is 420 g/mol. The summed E-state index contributed by atoms with van der Waals surface area (Å²) in [6.45, 7) is 3.51. The third-order valence-electron chi connectivity index (χ3n) is 4.32. The normalized spacial score (nSPS) is 13.2. The topological polar surface area (TPSA) is 85.1 Å². The van der Waals surface area contributed by atoms with Crippen molar-refractivity contribution >= 4 is 41.0 Å². The lowest BCUT2D eigenvalue weighted by Crippen LogP contribution is -2.40. The summed E-state index contributed by atoms with van der Waals surface area (Å²) in [4.78, 5) is 18.6. The monoisotopic (exact) mass is 444 g/mol. The second-order valence-corrected chi connectivity index (χ2v) is 6.73. The molecule has 0 aliphatic rings. The Labute approximate surface area is 186 Å². The number of carbonyl (C=O) groups is 1. The Morgan fingerprint density at radius 2 is 1.77 bits per heavy atom. The van der Waals surface area contributed by atoms with Crippen LogP contribution in [0.5, 0.6) is 0 Å². The smallest absolute Gasteiger partial charge is 0.416 e. The molecule has 0 aromatic heterocycles. The largest absolute Gasteiger partial charge is 0.452 e. The molecule has 164 valence electrons. The number of hydrogen-bond acceptors (Lipinski definition) is 7. The van der Waals surface area contributed by atoms with E-state index in [1.807, 2.05) is 30.3 Å². The average molecular weight is 445 g/mol. The number of methoxy groups -OCH3 is 2. The zero-order valence-corrected chi connectivity index (χ0v) is 18.8. The molecule has 0 saturated carbocycles. The fourth-order valence-corrected chi connectivity index (χ4v) is 2.84. The van der Waals surface area contributed by atoms with Gasteiger partial charge in [-0.05, 0) is 32.0 Å². The summed E-state index contributed by atoms with van der Waals surface area (Å²) in [6, 6.07) is 14.4. The van der Waals surface area contributed by atoms with Crippen molar-refractivity contribution in [2.24, 2.45) is 15.4 Å². The zero-order valence-electron chi connectivity index (χ0n) is 18.1. The van der Waals surface area contributed by atoms with Crippen LogP contribution in [0.4, 0.5) is 10.5 Å². The van der Waals surface area contributed by atoms with Gasteiger partial charge < -0.3 is 14.3 Å². The van der Waals surface area contributed by atoms with Crippen molar-refractivity contribution in [3.63, 3.8) is 0 Å². The van der Waals surface area contributed by atoms with Crippen LogP contribution in [-0.4, -0.2) is 51.3 Å². The minimum absolute atomic E-state index is 0.522. The van der Waals surface area contributed by atoms with E-state index in [0.29, 0.717) is 27.7 Å². The lowest BCUT2D eigenvalue weighted by molar-refractivity contribution is 0.103. The fraction of sp³-hybridized carbons (Fsp3) is 0.273. The summed E-state index contributed by atoms with van der Waals surface area (Å²) in [5.74, 6) is 0. The molecular formula is C22H25ClN4O4. The summed E-state index contributed by atoms with van der Waals surface area (Å²) >= 11 is 5.96. The number of amides is 1. The predicted octanol–water partition coefficient (Wildman–Crippen LogP) is 4.75. The molecule has 0 aliphatic carbocycles. The molecule has 1 atom stereocenters. The van der Waals surface area contributed by atoms with E-state index in [0.717, 1.165) is 5.56 Å². The Balaban J connectivity index is 2.36. The van der Waals surface area contributed by atoms with Crippen molar-refractivity contribution < 1.29 is 19.1 Å². The summed E-state index contributed by atoms with van der Waals surface area (Å²) < 4.78 is 10.2. The lowest BCUT2D eigenvalue weighted by Gasteiger charge is -2.27. The Morgan fingerprint density at radius 1 is 1.10 bits per heavy atom. The van der Waals surface area contributed by atoms with Crippen LogP contribution in [0.25, 0.3) is 0 Å². The van der Waals surface area contributed by atoms with Crippen molar-refractivity contribution in [3.8, 4) is 0 Å². The van der Waals surface area contributed by atoms with Gasteiger partial charge in [0.1, 0.15) is 19.0 Å². The number of benzene rings is 2. The second kappa shape index (κ2) is 11.8. The molecule has 0 saturated heterocycles. The van der Waals surface area contributed by atoms with E-state index in [4.69, 9.17) is 25.9 Å². The van der Waals surface area contributed by atoms with Gasteiger partial charge in [-0.2, -0.15) is 10.2 Å². The highest BCUT2D eigenvalue weighted by atomic mass is 35.5. The number of anilines is 1. The van der Waals surface area contributed by atoms with Gasteiger partial charge in [0.15, 0.2) is 0 Å².